The minimum Gasteiger partial charge on any atom is -0.386 e. The van der Waals surface area contributed by atoms with Gasteiger partial charge in [-0.2, -0.15) is 0 Å². The lowest BCUT2D eigenvalue weighted by Gasteiger charge is -2.34. The zero-order valence-corrected chi connectivity index (χ0v) is 15.9. The van der Waals surface area contributed by atoms with Crippen LogP contribution in [-0.2, 0) is 0 Å². The van der Waals surface area contributed by atoms with E-state index < -0.39 is 12.1 Å². The fourth-order valence-electron chi connectivity index (χ4n) is 4.94. The highest BCUT2D eigenvalue weighted by Gasteiger charge is 2.49. The molecule has 0 spiro atoms. The Kier molecular flexibility index (Phi) is 3.49. The van der Waals surface area contributed by atoms with Gasteiger partial charge in [-0.1, -0.05) is 66.7 Å². The molecule has 2 atom stereocenters. The molecule has 0 unspecified atom stereocenters. The standard InChI is InChI=1S/C26H17NO3/c28-14-15-9-11-16(12-10-15)21-13-22-17-5-1-4-8-20(17)26(30)27(22)24-23(21)18-6-2-3-7-19(18)25(24)29/h1-14,24-25,29H/t24-,25-/m1/s1. The molecule has 0 saturated carbocycles. The van der Waals surface area contributed by atoms with E-state index in [0.717, 1.165) is 45.4 Å². The third kappa shape index (κ3) is 2.14. The van der Waals surface area contributed by atoms with Crippen LogP contribution in [-0.4, -0.2) is 28.2 Å². The van der Waals surface area contributed by atoms with Gasteiger partial charge in [-0.05, 0) is 40.0 Å². The summed E-state index contributed by atoms with van der Waals surface area (Å²) in [5.41, 5.74) is 7.62. The second-order valence-corrected chi connectivity index (χ2v) is 7.79. The maximum Gasteiger partial charge on any atom is 0.259 e. The minimum absolute atomic E-state index is 0.0819. The summed E-state index contributed by atoms with van der Waals surface area (Å²) in [5.74, 6) is -0.0819. The molecule has 30 heavy (non-hydrogen) atoms. The lowest BCUT2D eigenvalue weighted by Crippen LogP contribution is -2.39. The first-order valence-electron chi connectivity index (χ1n) is 9.91. The van der Waals surface area contributed by atoms with E-state index in [1.54, 1.807) is 17.0 Å². The Hall–Kier alpha value is -3.76. The monoisotopic (exact) mass is 391 g/mol. The normalized spacial score (nSPS) is 21.0. The quantitative estimate of drug-likeness (QED) is 0.662. The molecule has 4 heteroatoms. The molecule has 6 rings (SSSR count). The second-order valence-electron chi connectivity index (χ2n) is 7.79. The fraction of sp³-hybridized carbons (Fsp3) is 0.0769. The topological polar surface area (TPSA) is 57.6 Å². The maximum absolute atomic E-state index is 13.3. The van der Waals surface area contributed by atoms with Crippen LogP contribution in [0.5, 0.6) is 0 Å². The van der Waals surface area contributed by atoms with Gasteiger partial charge in [-0.25, -0.2) is 0 Å². The van der Waals surface area contributed by atoms with Gasteiger partial charge in [-0.3, -0.25) is 14.5 Å². The van der Waals surface area contributed by atoms with E-state index in [9.17, 15) is 14.7 Å². The summed E-state index contributed by atoms with van der Waals surface area (Å²) in [6, 6.07) is 22.3. The van der Waals surface area contributed by atoms with Gasteiger partial charge in [0, 0.05) is 16.7 Å². The number of nitrogens with zero attached hydrogens (tertiary/aromatic N) is 1. The number of fused-ring (bicyclic) bond motifs is 7. The Bertz CT molecular complexity index is 1300. The van der Waals surface area contributed by atoms with Crippen LogP contribution in [0.25, 0.3) is 16.8 Å². The maximum atomic E-state index is 13.3. The lowest BCUT2D eigenvalue weighted by atomic mass is 9.88. The van der Waals surface area contributed by atoms with E-state index in [1.807, 2.05) is 66.7 Å². The van der Waals surface area contributed by atoms with Gasteiger partial charge in [0.25, 0.3) is 5.91 Å². The summed E-state index contributed by atoms with van der Waals surface area (Å²) in [6.45, 7) is 0. The van der Waals surface area contributed by atoms with Crippen LogP contribution in [0.1, 0.15) is 49.1 Å². The Balaban J connectivity index is 1.66. The van der Waals surface area contributed by atoms with Crippen molar-refractivity contribution in [1.29, 1.82) is 0 Å². The molecule has 0 radical (unpaired) electrons. The van der Waals surface area contributed by atoms with E-state index in [2.05, 4.69) is 0 Å². The third-order valence-corrected chi connectivity index (χ3v) is 6.28. The molecule has 1 aliphatic carbocycles. The van der Waals surface area contributed by atoms with Crippen molar-refractivity contribution in [1.82, 2.24) is 4.90 Å². The predicted molar refractivity (Wildman–Crippen MR) is 114 cm³/mol. The molecular weight excluding hydrogens is 374 g/mol. The van der Waals surface area contributed by atoms with Crippen LogP contribution < -0.4 is 0 Å². The first kappa shape index (κ1) is 17.1. The van der Waals surface area contributed by atoms with E-state index in [0.29, 0.717) is 11.1 Å². The number of aliphatic hydroxyl groups is 1. The number of carbonyl (C=O) groups is 2. The molecule has 3 aliphatic rings. The second kappa shape index (κ2) is 6.12. The molecule has 0 aromatic heterocycles. The van der Waals surface area contributed by atoms with Crippen molar-refractivity contribution in [2.24, 2.45) is 0 Å². The Morgan fingerprint density at radius 2 is 1.50 bits per heavy atom. The highest BCUT2D eigenvalue weighted by molar-refractivity contribution is 6.16. The SMILES string of the molecule is O=Cc1ccc(C2=C3c4ccccc4[C@@H](O)[C@@H]3N3C(=O)c4ccccc4C3=C2)cc1. The van der Waals surface area contributed by atoms with Crippen molar-refractivity contribution in [2.75, 3.05) is 0 Å². The zero-order valence-electron chi connectivity index (χ0n) is 15.9. The third-order valence-electron chi connectivity index (χ3n) is 6.28. The summed E-state index contributed by atoms with van der Waals surface area (Å²) >= 11 is 0. The lowest BCUT2D eigenvalue weighted by molar-refractivity contribution is 0.0690. The molecule has 3 aromatic rings. The van der Waals surface area contributed by atoms with Crippen LogP contribution in [0.3, 0.4) is 0 Å². The number of hydrogen-bond acceptors (Lipinski definition) is 3. The van der Waals surface area contributed by atoms with E-state index in [1.165, 1.54) is 0 Å². The Labute approximate surface area is 173 Å². The van der Waals surface area contributed by atoms with Gasteiger partial charge in [0.1, 0.15) is 12.4 Å². The number of amides is 1. The molecule has 2 heterocycles. The van der Waals surface area contributed by atoms with E-state index in [-0.39, 0.29) is 5.91 Å². The van der Waals surface area contributed by atoms with Crippen LogP contribution in [0.2, 0.25) is 0 Å². The van der Waals surface area contributed by atoms with Crippen molar-refractivity contribution in [3.05, 3.63) is 112 Å². The number of allylic oxidation sites excluding steroid dienone is 2. The molecule has 3 aromatic carbocycles. The number of rotatable bonds is 2. The van der Waals surface area contributed by atoms with Crippen LogP contribution in [0.15, 0.2) is 78.9 Å². The number of benzene rings is 3. The molecular formula is C26H17NO3. The molecule has 1 N–H and O–H groups in total. The van der Waals surface area contributed by atoms with Crippen molar-refractivity contribution in [2.45, 2.75) is 12.1 Å². The first-order valence-corrected chi connectivity index (χ1v) is 9.91. The fourth-order valence-corrected chi connectivity index (χ4v) is 4.94. The predicted octanol–water partition coefficient (Wildman–Crippen LogP) is 4.34. The number of hydrogen-bond donors (Lipinski definition) is 1. The number of aliphatic hydroxyl groups excluding tert-OH is 1. The van der Waals surface area contributed by atoms with Gasteiger partial charge in [0.15, 0.2) is 0 Å². The first-order chi connectivity index (χ1) is 14.7. The highest BCUT2D eigenvalue weighted by atomic mass is 16.3. The smallest absolute Gasteiger partial charge is 0.259 e. The summed E-state index contributed by atoms with van der Waals surface area (Å²) in [6.07, 6.45) is 2.06. The summed E-state index contributed by atoms with van der Waals surface area (Å²) < 4.78 is 0. The molecule has 0 fully saturated rings. The van der Waals surface area contributed by atoms with Gasteiger partial charge in [-0.15, -0.1) is 0 Å². The van der Waals surface area contributed by atoms with Gasteiger partial charge in [0.2, 0.25) is 0 Å². The van der Waals surface area contributed by atoms with Crippen molar-refractivity contribution in [3.63, 3.8) is 0 Å². The molecule has 0 bridgehead atoms. The van der Waals surface area contributed by atoms with Crippen LogP contribution in [0, 0.1) is 0 Å². The Morgan fingerprint density at radius 3 is 2.23 bits per heavy atom. The van der Waals surface area contributed by atoms with Gasteiger partial charge in [0.05, 0.1) is 11.7 Å². The van der Waals surface area contributed by atoms with Crippen LogP contribution in [0.4, 0.5) is 0 Å². The summed E-state index contributed by atoms with van der Waals surface area (Å²) in [4.78, 5) is 26.2. The van der Waals surface area contributed by atoms with E-state index in [4.69, 9.17) is 0 Å². The summed E-state index contributed by atoms with van der Waals surface area (Å²) in [5, 5.41) is 11.3. The molecule has 2 aliphatic heterocycles. The zero-order chi connectivity index (χ0) is 20.4. The van der Waals surface area contributed by atoms with E-state index >= 15 is 0 Å². The largest absolute Gasteiger partial charge is 0.386 e. The minimum atomic E-state index is -0.803. The van der Waals surface area contributed by atoms with Crippen molar-refractivity contribution in [3.8, 4) is 0 Å². The average molecular weight is 391 g/mol. The summed E-state index contributed by atoms with van der Waals surface area (Å²) in [7, 11) is 0. The molecule has 4 nitrogen and oxygen atoms in total. The van der Waals surface area contributed by atoms with Crippen molar-refractivity contribution < 1.29 is 14.7 Å². The van der Waals surface area contributed by atoms with Crippen LogP contribution >= 0.6 is 0 Å². The van der Waals surface area contributed by atoms with Crippen molar-refractivity contribution >= 4 is 29.0 Å². The van der Waals surface area contributed by atoms with Gasteiger partial charge < -0.3 is 5.11 Å². The molecule has 0 saturated heterocycles. The van der Waals surface area contributed by atoms with Gasteiger partial charge >= 0.3 is 0 Å². The number of aldehydes is 1. The number of carbonyl (C=O) groups excluding carboxylic acids is 2. The average Bonchev–Trinajstić information content (AvgIpc) is 3.26. The Morgan fingerprint density at radius 1 is 0.833 bits per heavy atom. The molecule has 144 valence electrons. The highest BCUT2D eigenvalue weighted by Crippen LogP contribution is 2.53. The molecule has 1 amide bonds.